The molecule has 1 aromatic rings. The minimum atomic E-state index is -0.623. The Balaban J connectivity index is 1.56. The Morgan fingerprint density at radius 3 is 2.69 bits per heavy atom. The summed E-state index contributed by atoms with van der Waals surface area (Å²) >= 11 is 0. The molecule has 0 radical (unpaired) electrons. The summed E-state index contributed by atoms with van der Waals surface area (Å²) in [7, 11) is 0. The maximum atomic E-state index is 11.3. The van der Waals surface area contributed by atoms with E-state index < -0.39 is 5.79 Å². The molecule has 0 saturated carbocycles. The third kappa shape index (κ3) is 5.68. The van der Waals surface area contributed by atoms with Crippen molar-refractivity contribution in [3.05, 3.63) is 66.3 Å². The van der Waals surface area contributed by atoms with Crippen molar-refractivity contribution in [1.29, 1.82) is 0 Å². The molecule has 0 N–H and O–H groups in total. The minimum absolute atomic E-state index is 0.00722. The first-order valence-electron chi connectivity index (χ1n) is 9.13. The van der Waals surface area contributed by atoms with Gasteiger partial charge in [-0.2, -0.15) is 0 Å². The van der Waals surface area contributed by atoms with E-state index in [-0.39, 0.29) is 24.3 Å². The van der Waals surface area contributed by atoms with Gasteiger partial charge in [0.1, 0.15) is 6.10 Å². The SMILES string of the molecule is CC1(C)O[C@@H](C/C=C/[C@@H]2CC=CC(=O)O2)C[C@H](/C=C/c2ccccc2)O1. The van der Waals surface area contributed by atoms with Crippen LogP contribution in [0, 0.1) is 0 Å². The summed E-state index contributed by atoms with van der Waals surface area (Å²) < 4.78 is 17.3. The Bertz CT molecular complexity index is 687. The highest BCUT2D eigenvalue weighted by molar-refractivity contribution is 5.82. The van der Waals surface area contributed by atoms with Gasteiger partial charge in [-0.15, -0.1) is 0 Å². The van der Waals surface area contributed by atoms with Gasteiger partial charge in [0.15, 0.2) is 5.79 Å². The van der Waals surface area contributed by atoms with Crippen LogP contribution >= 0.6 is 0 Å². The van der Waals surface area contributed by atoms with Gasteiger partial charge < -0.3 is 14.2 Å². The maximum Gasteiger partial charge on any atom is 0.331 e. The molecule has 0 spiro atoms. The van der Waals surface area contributed by atoms with E-state index in [4.69, 9.17) is 14.2 Å². The number of carbonyl (C=O) groups excluding carboxylic acids is 1. The standard InChI is InChI=1S/C22H26O4/c1-22(2)25-19(12-6-10-18-11-7-13-21(23)24-18)16-20(26-22)15-14-17-8-4-3-5-9-17/h3-10,13-15,18-20H,11-12,16H2,1-2H3/b10-6+,15-14+/t18-,19+,20+/m1/s1. The molecule has 0 amide bonds. The number of benzene rings is 1. The summed E-state index contributed by atoms with van der Waals surface area (Å²) in [6.07, 6.45) is 13.7. The van der Waals surface area contributed by atoms with E-state index in [0.717, 1.165) is 24.8 Å². The monoisotopic (exact) mass is 354 g/mol. The van der Waals surface area contributed by atoms with Crippen LogP contribution in [0.2, 0.25) is 0 Å². The number of carbonyl (C=O) groups is 1. The van der Waals surface area contributed by atoms with E-state index in [0.29, 0.717) is 0 Å². The van der Waals surface area contributed by atoms with Gasteiger partial charge in [0.05, 0.1) is 12.2 Å². The van der Waals surface area contributed by atoms with Gasteiger partial charge >= 0.3 is 5.97 Å². The van der Waals surface area contributed by atoms with Crippen LogP contribution in [0.4, 0.5) is 0 Å². The van der Waals surface area contributed by atoms with Gasteiger partial charge in [-0.1, -0.05) is 54.6 Å². The number of hydrogen-bond acceptors (Lipinski definition) is 4. The largest absolute Gasteiger partial charge is 0.455 e. The normalized spacial score (nSPS) is 28.5. The fraction of sp³-hybridized carbons (Fsp3) is 0.409. The van der Waals surface area contributed by atoms with Crippen molar-refractivity contribution < 1.29 is 19.0 Å². The van der Waals surface area contributed by atoms with Crippen LogP contribution in [0.5, 0.6) is 0 Å². The van der Waals surface area contributed by atoms with Crippen LogP contribution in [0.15, 0.2) is 60.7 Å². The first kappa shape index (κ1) is 18.6. The molecule has 0 unspecified atom stereocenters. The lowest BCUT2D eigenvalue weighted by atomic mass is 10.0. The average molecular weight is 354 g/mol. The first-order chi connectivity index (χ1) is 12.5. The van der Waals surface area contributed by atoms with Crippen molar-refractivity contribution in [1.82, 2.24) is 0 Å². The molecule has 2 aliphatic heterocycles. The van der Waals surface area contributed by atoms with E-state index in [2.05, 4.69) is 24.3 Å². The van der Waals surface area contributed by atoms with Gasteiger partial charge in [-0.05, 0) is 31.9 Å². The summed E-state index contributed by atoms with van der Waals surface area (Å²) in [6, 6.07) is 10.2. The highest BCUT2D eigenvalue weighted by atomic mass is 16.7. The van der Waals surface area contributed by atoms with Crippen molar-refractivity contribution in [3.63, 3.8) is 0 Å². The van der Waals surface area contributed by atoms with Crippen LogP contribution in [-0.2, 0) is 19.0 Å². The summed E-state index contributed by atoms with van der Waals surface area (Å²) in [5, 5.41) is 0. The molecule has 4 nitrogen and oxygen atoms in total. The molecule has 1 fully saturated rings. The van der Waals surface area contributed by atoms with Crippen LogP contribution in [-0.4, -0.2) is 30.1 Å². The second-order valence-corrected chi connectivity index (χ2v) is 7.08. The molecular formula is C22H26O4. The molecule has 3 rings (SSSR count). The highest BCUT2D eigenvalue weighted by Gasteiger charge is 2.33. The van der Waals surface area contributed by atoms with Crippen molar-refractivity contribution in [2.45, 2.75) is 57.2 Å². The third-order valence-electron chi connectivity index (χ3n) is 4.32. The minimum Gasteiger partial charge on any atom is -0.455 e. The van der Waals surface area contributed by atoms with E-state index in [9.17, 15) is 4.79 Å². The van der Waals surface area contributed by atoms with Crippen LogP contribution in [0.3, 0.4) is 0 Å². The summed E-state index contributed by atoms with van der Waals surface area (Å²) in [5.74, 6) is -0.900. The van der Waals surface area contributed by atoms with Crippen molar-refractivity contribution >= 4 is 12.0 Å². The Morgan fingerprint density at radius 2 is 1.92 bits per heavy atom. The average Bonchev–Trinajstić information content (AvgIpc) is 2.60. The van der Waals surface area contributed by atoms with Gasteiger partial charge in [0.25, 0.3) is 0 Å². The van der Waals surface area contributed by atoms with Crippen molar-refractivity contribution in [2.24, 2.45) is 0 Å². The smallest absolute Gasteiger partial charge is 0.331 e. The molecule has 0 aromatic heterocycles. The second-order valence-electron chi connectivity index (χ2n) is 7.08. The Kier molecular flexibility index (Phi) is 6.07. The van der Waals surface area contributed by atoms with E-state index >= 15 is 0 Å². The van der Waals surface area contributed by atoms with Crippen LogP contribution < -0.4 is 0 Å². The van der Waals surface area contributed by atoms with Gasteiger partial charge in [0.2, 0.25) is 0 Å². The zero-order valence-corrected chi connectivity index (χ0v) is 15.3. The number of esters is 1. The molecule has 138 valence electrons. The lowest BCUT2D eigenvalue weighted by molar-refractivity contribution is -0.289. The molecule has 2 aliphatic rings. The summed E-state index contributed by atoms with van der Waals surface area (Å²) in [6.45, 7) is 3.89. The van der Waals surface area contributed by atoms with Crippen molar-refractivity contribution in [2.75, 3.05) is 0 Å². The highest BCUT2D eigenvalue weighted by Crippen LogP contribution is 2.29. The molecule has 26 heavy (non-hydrogen) atoms. The molecule has 1 aromatic carbocycles. The number of ether oxygens (including phenoxy) is 3. The van der Waals surface area contributed by atoms with Crippen LogP contribution in [0.25, 0.3) is 6.08 Å². The molecule has 4 heteroatoms. The quantitative estimate of drug-likeness (QED) is 0.580. The Hall–Kier alpha value is -2.17. The van der Waals surface area contributed by atoms with Crippen LogP contribution in [0.1, 0.15) is 38.7 Å². The third-order valence-corrected chi connectivity index (χ3v) is 4.32. The van der Waals surface area contributed by atoms with Crippen molar-refractivity contribution in [3.8, 4) is 0 Å². The van der Waals surface area contributed by atoms with E-state index in [1.54, 1.807) is 0 Å². The molecule has 0 aliphatic carbocycles. The molecular weight excluding hydrogens is 328 g/mol. The summed E-state index contributed by atoms with van der Waals surface area (Å²) in [5.41, 5.74) is 1.16. The number of cyclic esters (lactones) is 1. The molecule has 2 heterocycles. The van der Waals surface area contributed by atoms with E-state index in [1.807, 2.05) is 50.3 Å². The lowest BCUT2D eigenvalue weighted by Crippen LogP contribution is -2.43. The zero-order chi connectivity index (χ0) is 18.4. The van der Waals surface area contributed by atoms with Gasteiger partial charge in [-0.25, -0.2) is 4.79 Å². The maximum absolute atomic E-state index is 11.3. The number of hydrogen-bond donors (Lipinski definition) is 0. The first-order valence-corrected chi connectivity index (χ1v) is 9.13. The Labute approximate surface area is 155 Å². The predicted molar refractivity (Wildman–Crippen MR) is 101 cm³/mol. The van der Waals surface area contributed by atoms with Gasteiger partial charge in [-0.3, -0.25) is 0 Å². The topological polar surface area (TPSA) is 44.8 Å². The Morgan fingerprint density at radius 1 is 1.12 bits per heavy atom. The predicted octanol–water partition coefficient (Wildman–Crippen LogP) is 4.43. The molecule has 1 saturated heterocycles. The second kappa shape index (κ2) is 8.47. The number of rotatable bonds is 5. The fourth-order valence-corrected chi connectivity index (χ4v) is 3.23. The van der Waals surface area contributed by atoms with Gasteiger partial charge in [0, 0.05) is 18.9 Å². The lowest BCUT2D eigenvalue weighted by Gasteiger charge is -2.39. The fourth-order valence-electron chi connectivity index (χ4n) is 3.23. The summed E-state index contributed by atoms with van der Waals surface area (Å²) in [4.78, 5) is 11.3. The molecule has 0 bridgehead atoms. The zero-order valence-electron chi connectivity index (χ0n) is 15.3. The van der Waals surface area contributed by atoms with E-state index in [1.165, 1.54) is 6.08 Å². The molecule has 3 atom stereocenters.